The molecule has 1 aromatic carbocycles. The quantitative estimate of drug-likeness (QED) is 0.902. The first kappa shape index (κ1) is 14.2. The van der Waals surface area contributed by atoms with E-state index in [0.717, 1.165) is 24.3 Å². The SMILES string of the molecule is CCC[C@@H]1NC(C)(C)Cc2cc(OC)c(OC)cc21. The van der Waals surface area contributed by atoms with E-state index >= 15 is 0 Å². The van der Waals surface area contributed by atoms with Crippen LogP contribution in [0.4, 0.5) is 0 Å². The van der Waals surface area contributed by atoms with Crippen molar-refractivity contribution in [3.63, 3.8) is 0 Å². The van der Waals surface area contributed by atoms with Crippen LogP contribution in [0, 0.1) is 0 Å². The van der Waals surface area contributed by atoms with Crippen LogP contribution in [0.25, 0.3) is 0 Å². The standard InChI is InChI=1S/C16H25NO2/c1-6-7-13-12-9-15(19-5)14(18-4)8-11(12)10-16(2,3)17-13/h8-9,13,17H,6-7,10H2,1-5H3/t13-/m0/s1. The van der Waals surface area contributed by atoms with Crippen molar-refractivity contribution in [3.05, 3.63) is 23.3 Å². The molecule has 0 unspecified atom stereocenters. The van der Waals surface area contributed by atoms with Crippen molar-refractivity contribution in [1.82, 2.24) is 5.32 Å². The molecule has 1 aliphatic rings. The van der Waals surface area contributed by atoms with E-state index in [1.165, 1.54) is 17.5 Å². The Kier molecular flexibility index (Phi) is 4.04. The number of rotatable bonds is 4. The van der Waals surface area contributed by atoms with Gasteiger partial charge in [-0.2, -0.15) is 0 Å². The van der Waals surface area contributed by atoms with Gasteiger partial charge < -0.3 is 14.8 Å². The fourth-order valence-electron chi connectivity index (χ4n) is 3.01. The van der Waals surface area contributed by atoms with Gasteiger partial charge in [-0.1, -0.05) is 13.3 Å². The van der Waals surface area contributed by atoms with Gasteiger partial charge >= 0.3 is 0 Å². The Balaban J connectivity index is 2.47. The van der Waals surface area contributed by atoms with E-state index in [-0.39, 0.29) is 5.54 Å². The van der Waals surface area contributed by atoms with Gasteiger partial charge in [0.15, 0.2) is 11.5 Å². The molecule has 1 aliphatic heterocycles. The van der Waals surface area contributed by atoms with Crippen molar-refractivity contribution >= 4 is 0 Å². The van der Waals surface area contributed by atoms with Gasteiger partial charge in [0, 0.05) is 11.6 Å². The highest BCUT2D eigenvalue weighted by molar-refractivity contribution is 5.50. The zero-order valence-corrected chi connectivity index (χ0v) is 12.7. The van der Waals surface area contributed by atoms with Crippen LogP contribution in [0.2, 0.25) is 0 Å². The smallest absolute Gasteiger partial charge is 0.161 e. The first-order chi connectivity index (χ1) is 9.00. The first-order valence-corrected chi connectivity index (χ1v) is 7.03. The van der Waals surface area contributed by atoms with E-state index in [9.17, 15) is 0 Å². The fourth-order valence-corrected chi connectivity index (χ4v) is 3.01. The average molecular weight is 263 g/mol. The zero-order chi connectivity index (χ0) is 14.0. The predicted octanol–water partition coefficient (Wildman–Crippen LogP) is 3.47. The Labute approximate surface area is 116 Å². The Bertz CT molecular complexity index is 454. The van der Waals surface area contributed by atoms with Crippen LogP contribution >= 0.6 is 0 Å². The maximum absolute atomic E-state index is 5.43. The van der Waals surface area contributed by atoms with Crippen molar-refractivity contribution < 1.29 is 9.47 Å². The summed E-state index contributed by atoms with van der Waals surface area (Å²) in [5.74, 6) is 1.65. The molecule has 0 radical (unpaired) electrons. The lowest BCUT2D eigenvalue weighted by Gasteiger charge is -2.39. The molecule has 3 heteroatoms. The summed E-state index contributed by atoms with van der Waals surface area (Å²) in [4.78, 5) is 0. The third kappa shape index (κ3) is 2.86. The Morgan fingerprint density at radius 1 is 1.21 bits per heavy atom. The monoisotopic (exact) mass is 263 g/mol. The molecule has 1 N–H and O–H groups in total. The molecule has 19 heavy (non-hydrogen) atoms. The lowest BCUT2D eigenvalue weighted by molar-refractivity contribution is 0.294. The Morgan fingerprint density at radius 3 is 2.42 bits per heavy atom. The molecule has 106 valence electrons. The topological polar surface area (TPSA) is 30.5 Å². The molecular weight excluding hydrogens is 238 g/mol. The molecule has 0 spiro atoms. The molecule has 0 fully saturated rings. The largest absolute Gasteiger partial charge is 0.493 e. The summed E-state index contributed by atoms with van der Waals surface area (Å²) in [5, 5.41) is 3.74. The lowest BCUT2D eigenvalue weighted by atomic mass is 9.82. The van der Waals surface area contributed by atoms with Gasteiger partial charge in [-0.3, -0.25) is 0 Å². The van der Waals surface area contributed by atoms with E-state index in [2.05, 4.69) is 38.2 Å². The van der Waals surface area contributed by atoms with E-state index in [4.69, 9.17) is 9.47 Å². The zero-order valence-electron chi connectivity index (χ0n) is 12.7. The molecule has 0 saturated heterocycles. The number of hydrogen-bond acceptors (Lipinski definition) is 3. The molecular formula is C16H25NO2. The van der Waals surface area contributed by atoms with E-state index < -0.39 is 0 Å². The van der Waals surface area contributed by atoms with Crippen molar-refractivity contribution in [2.24, 2.45) is 0 Å². The number of methoxy groups -OCH3 is 2. The molecule has 1 aromatic rings. The van der Waals surface area contributed by atoms with Crippen LogP contribution in [0.5, 0.6) is 11.5 Å². The van der Waals surface area contributed by atoms with Crippen molar-refractivity contribution in [2.45, 2.75) is 51.6 Å². The third-order valence-electron chi connectivity index (χ3n) is 3.80. The minimum Gasteiger partial charge on any atom is -0.493 e. The van der Waals surface area contributed by atoms with Crippen LogP contribution in [0.15, 0.2) is 12.1 Å². The number of nitrogens with one attached hydrogen (secondary N) is 1. The third-order valence-corrected chi connectivity index (χ3v) is 3.80. The lowest BCUT2D eigenvalue weighted by Crippen LogP contribution is -2.47. The Hall–Kier alpha value is -1.22. The number of benzene rings is 1. The maximum Gasteiger partial charge on any atom is 0.161 e. The second-order valence-corrected chi connectivity index (χ2v) is 5.95. The predicted molar refractivity (Wildman–Crippen MR) is 78.1 cm³/mol. The molecule has 0 bridgehead atoms. The minimum absolute atomic E-state index is 0.131. The highest BCUT2D eigenvalue weighted by Gasteiger charge is 2.31. The van der Waals surface area contributed by atoms with Gasteiger partial charge in [0.05, 0.1) is 14.2 Å². The van der Waals surface area contributed by atoms with Gasteiger partial charge in [-0.15, -0.1) is 0 Å². The highest BCUT2D eigenvalue weighted by Crippen LogP contribution is 2.39. The minimum atomic E-state index is 0.131. The molecule has 2 rings (SSSR count). The second kappa shape index (κ2) is 5.41. The van der Waals surface area contributed by atoms with Crippen LogP contribution < -0.4 is 14.8 Å². The number of ether oxygens (including phenoxy) is 2. The normalized spacial score (nSPS) is 20.8. The van der Waals surface area contributed by atoms with Crippen molar-refractivity contribution in [2.75, 3.05) is 14.2 Å². The summed E-state index contributed by atoms with van der Waals surface area (Å²) in [7, 11) is 3.39. The van der Waals surface area contributed by atoms with Gasteiger partial charge in [0.1, 0.15) is 0 Å². The number of hydrogen-bond donors (Lipinski definition) is 1. The maximum atomic E-state index is 5.43. The average Bonchev–Trinajstić information content (AvgIpc) is 2.36. The first-order valence-electron chi connectivity index (χ1n) is 7.03. The fraction of sp³-hybridized carbons (Fsp3) is 0.625. The molecule has 0 amide bonds. The van der Waals surface area contributed by atoms with E-state index in [0.29, 0.717) is 6.04 Å². The van der Waals surface area contributed by atoms with Gasteiger partial charge in [-0.05, 0) is 49.9 Å². The summed E-state index contributed by atoms with van der Waals surface area (Å²) < 4.78 is 10.8. The summed E-state index contributed by atoms with van der Waals surface area (Å²) in [6.45, 7) is 6.74. The molecule has 0 aromatic heterocycles. The van der Waals surface area contributed by atoms with Crippen LogP contribution in [-0.2, 0) is 6.42 Å². The molecule has 0 aliphatic carbocycles. The summed E-state index contributed by atoms with van der Waals surface area (Å²) in [5.41, 5.74) is 2.87. The van der Waals surface area contributed by atoms with Gasteiger partial charge in [0.2, 0.25) is 0 Å². The summed E-state index contributed by atoms with van der Waals surface area (Å²) >= 11 is 0. The van der Waals surface area contributed by atoms with Crippen LogP contribution in [0.1, 0.15) is 50.8 Å². The summed E-state index contributed by atoms with van der Waals surface area (Å²) in [6.07, 6.45) is 3.33. The summed E-state index contributed by atoms with van der Waals surface area (Å²) in [6, 6.07) is 4.68. The van der Waals surface area contributed by atoms with Crippen molar-refractivity contribution in [3.8, 4) is 11.5 Å². The second-order valence-electron chi connectivity index (χ2n) is 5.95. The molecule has 1 heterocycles. The van der Waals surface area contributed by atoms with Crippen LogP contribution in [-0.4, -0.2) is 19.8 Å². The number of fused-ring (bicyclic) bond motifs is 1. The van der Waals surface area contributed by atoms with Gasteiger partial charge in [0.25, 0.3) is 0 Å². The highest BCUT2D eigenvalue weighted by atomic mass is 16.5. The van der Waals surface area contributed by atoms with E-state index in [1.807, 2.05) is 0 Å². The Morgan fingerprint density at radius 2 is 1.84 bits per heavy atom. The van der Waals surface area contributed by atoms with E-state index in [1.54, 1.807) is 14.2 Å². The molecule has 3 nitrogen and oxygen atoms in total. The molecule has 1 atom stereocenters. The van der Waals surface area contributed by atoms with Gasteiger partial charge in [-0.25, -0.2) is 0 Å². The van der Waals surface area contributed by atoms with Crippen LogP contribution in [0.3, 0.4) is 0 Å². The van der Waals surface area contributed by atoms with Crippen molar-refractivity contribution in [1.29, 1.82) is 0 Å². The molecule has 0 saturated carbocycles.